The number of H-pyrrole nitrogens is 2. The normalized spacial score (nSPS) is 18.7. The molecule has 0 saturated carbocycles. The lowest BCUT2D eigenvalue weighted by Gasteiger charge is -2.30. The van der Waals surface area contributed by atoms with Crippen molar-refractivity contribution in [3.8, 4) is 22.5 Å². The average Bonchev–Trinajstić information content (AvgIpc) is 4.10. The lowest BCUT2D eigenvalue weighted by molar-refractivity contribution is -0.140. The number of carbonyl (C=O) groups is 4. The number of likely N-dealkylation sites (tertiary alicyclic amines) is 2. The van der Waals surface area contributed by atoms with Crippen LogP contribution in [0.1, 0.15) is 63.3 Å². The molecule has 4 N–H and O–H groups in total. The van der Waals surface area contributed by atoms with Crippen molar-refractivity contribution in [2.45, 2.75) is 69.9 Å². The molecule has 7 rings (SSSR count). The SMILES string of the molecule is COC(=O)NC[C@H](C(=O)N1CCC[C@H]1c1nc2cc(-c3ccc4cc(-c5cnc([C@@H]6CCCN6C(=O)[C@@H](NC(=O)OC)[C@@H](C)OC)[nH]5)ccc4c3)ncc2[nH]1)[C@@H](C)OC. The highest BCUT2D eigenvalue weighted by Gasteiger charge is 2.40. The summed E-state index contributed by atoms with van der Waals surface area (Å²) in [4.78, 5) is 76.2. The van der Waals surface area contributed by atoms with Crippen molar-refractivity contribution < 1.29 is 38.1 Å². The average molecular weight is 810 g/mol. The van der Waals surface area contributed by atoms with Gasteiger partial charge in [-0.05, 0) is 68.5 Å². The van der Waals surface area contributed by atoms with Crippen LogP contribution in [0.5, 0.6) is 0 Å². The van der Waals surface area contributed by atoms with Gasteiger partial charge in [-0.15, -0.1) is 0 Å². The Morgan fingerprint density at radius 3 is 2.08 bits per heavy atom. The van der Waals surface area contributed by atoms with Gasteiger partial charge in [0, 0.05) is 45.0 Å². The van der Waals surface area contributed by atoms with E-state index in [0.29, 0.717) is 24.7 Å². The third-order valence-corrected chi connectivity index (χ3v) is 11.6. The van der Waals surface area contributed by atoms with Gasteiger partial charge in [0.2, 0.25) is 11.8 Å². The van der Waals surface area contributed by atoms with Gasteiger partial charge < -0.3 is 49.3 Å². The van der Waals surface area contributed by atoms with Crippen LogP contribution in [0.2, 0.25) is 0 Å². The van der Waals surface area contributed by atoms with Gasteiger partial charge in [0.25, 0.3) is 0 Å². The number of nitrogens with one attached hydrogen (secondary N) is 4. The predicted octanol–water partition coefficient (Wildman–Crippen LogP) is 5.26. The molecule has 2 fully saturated rings. The molecule has 0 unspecified atom stereocenters. The highest BCUT2D eigenvalue weighted by atomic mass is 16.5. The van der Waals surface area contributed by atoms with E-state index in [1.807, 2.05) is 30.0 Å². The molecule has 2 aliphatic heterocycles. The lowest BCUT2D eigenvalue weighted by atomic mass is 10.0. The Morgan fingerprint density at radius 2 is 1.41 bits per heavy atom. The van der Waals surface area contributed by atoms with Crippen LogP contribution >= 0.6 is 0 Å². The minimum Gasteiger partial charge on any atom is -0.453 e. The molecule has 59 heavy (non-hydrogen) atoms. The van der Waals surface area contributed by atoms with Gasteiger partial charge in [0.15, 0.2) is 0 Å². The molecule has 4 amide bonds. The largest absolute Gasteiger partial charge is 0.453 e. The second kappa shape index (κ2) is 17.8. The first-order valence-corrected chi connectivity index (χ1v) is 19.8. The first-order chi connectivity index (χ1) is 28.5. The number of aromatic amines is 2. The van der Waals surface area contributed by atoms with Gasteiger partial charge in [-0.2, -0.15) is 0 Å². The van der Waals surface area contributed by atoms with Gasteiger partial charge in [-0.25, -0.2) is 19.6 Å². The molecule has 2 aromatic carbocycles. The summed E-state index contributed by atoms with van der Waals surface area (Å²) in [6, 6.07) is 12.9. The quantitative estimate of drug-likeness (QED) is 0.121. The Morgan fingerprint density at radius 1 is 0.763 bits per heavy atom. The number of amides is 4. The van der Waals surface area contributed by atoms with Gasteiger partial charge >= 0.3 is 12.2 Å². The number of imidazole rings is 2. The zero-order valence-electron chi connectivity index (χ0n) is 34.1. The summed E-state index contributed by atoms with van der Waals surface area (Å²) in [6.45, 7) is 4.74. The van der Waals surface area contributed by atoms with E-state index in [1.54, 1.807) is 31.3 Å². The van der Waals surface area contributed by atoms with Crippen molar-refractivity contribution in [3.05, 3.63) is 66.5 Å². The standard InChI is InChI=1S/C42H51N9O8/c1-23(56-3)29(20-45-41(54)58-5)39(52)50-15-8-10-35(50)38-46-31-19-30(43-22-33(31)48-38)27-13-11-26-18-28(14-12-25(26)17-27)32-21-44-37(47-32)34-9-7-16-51(34)40(53)36(24(2)57-4)49-42(55)59-6/h11-14,17-19,21-24,29,34-36H,7-10,15-16,20H2,1-6H3,(H,44,47)(H,45,54)(H,46,48)(H,49,55)/t23-,24-,29+,34+,35+,36+/m1/s1. The Kier molecular flexibility index (Phi) is 12.4. The highest BCUT2D eigenvalue weighted by Crippen LogP contribution is 2.36. The maximum Gasteiger partial charge on any atom is 0.407 e. The van der Waals surface area contributed by atoms with Crippen LogP contribution in [0.4, 0.5) is 9.59 Å². The topological polar surface area (TPSA) is 206 Å². The predicted molar refractivity (Wildman–Crippen MR) is 218 cm³/mol. The number of alkyl carbamates (subject to hydrolysis) is 2. The van der Waals surface area contributed by atoms with Crippen molar-refractivity contribution in [2.24, 2.45) is 5.92 Å². The lowest BCUT2D eigenvalue weighted by Crippen LogP contribution is -2.54. The molecule has 17 nitrogen and oxygen atoms in total. The highest BCUT2D eigenvalue weighted by molar-refractivity contribution is 5.91. The molecule has 0 aliphatic carbocycles. The Bertz CT molecular complexity index is 2330. The Labute approximate surface area is 341 Å². The summed E-state index contributed by atoms with van der Waals surface area (Å²) in [5.41, 5.74) is 4.99. The van der Waals surface area contributed by atoms with Crippen molar-refractivity contribution >= 4 is 45.8 Å². The molecular weight excluding hydrogens is 759 g/mol. The number of nitrogens with zero attached hydrogens (tertiary/aromatic N) is 5. The van der Waals surface area contributed by atoms with E-state index in [-0.39, 0.29) is 30.4 Å². The summed E-state index contributed by atoms with van der Waals surface area (Å²) in [7, 11) is 5.58. The number of ether oxygens (including phenoxy) is 4. The number of fused-ring (bicyclic) bond motifs is 2. The van der Waals surface area contributed by atoms with Gasteiger partial charge in [0.05, 0.1) is 79.2 Å². The van der Waals surface area contributed by atoms with E-state index in [9.17, 15) is 19.2 Å². The minimum absolute atomic E-state index is 0.0900. The number of carbonyl (C=O) groups excluding carboxylic acids is 4. The van der Waals surface area contributed by atoms with Crippen LogP contribution in [0, 0.1) is 5.92 Å². The fourth-order valence-electron chi connectivity index (χ4n) is 8.08. The van der Waals surface area contributed by atoms with Gasteiger partial charge in [-0.3, -0.25) is 14.6 Å². The molecule has 2 saturated heterocycles. The fourth-order valence-corrected chi connectivity index (χ4v) is 8.08. The number of hydrogen-bond acceptors (Lipinski definition) is 11. The first kappa shape index (κ1) is 41.1. The fraction of sp³-hybridized carbons (Fsp3) is 0.452. The van der Waals surface area contributed by atoms with Crippen LogP contribution in [-0.4, -0.2) is 125 Å². The van der Waals surface area contributed by atoms with Crippen LogP contribution in [0.3, 0.4) is 0 Å². The second-order valence-corrected chi connectivity index (χ2v) is 15.0. The van der Waals surface area contributed by atoms with Gasteiger partial charge in [-0.1, -0.05) is 24.3 Å². The summed E-state index contributed by atoms with van der Waals surface area (Å²) >= 11 is 0. The van der Waals surface area contributed by atoms with Crippen LogP contribution in [0.25, 0.3) is 44.3 Å². The first-order valence-electron chi connectivity index (χ1n) is 19.8. The maximum absolute atomic E-state index is 13.8. The molecule has 0 radical (unpaired) electrons. The molecule has 17 heteroatoms. The molecule has 5 heterocycles. The molecule has 0 bridgehead atoms. The zero-order valence-corrected chi connectivity index (χ0v) is 34.1. The zero-order chi connectivity index (χ0) is 41.8. The Balaban J connectivity index is 1.06. The van der Waals surface area contributed by atoms with Crippen LogP contribution in [0.15, 0.2) is 54.9 Å². The summed E-state index contributed by atoms with van der Waals surface area (Å²) < 4.78 is 20.4. The molecule has 6 atom stereocenters. The summed E-state index contributed by atoms with van der Waals surface area (Å²) in [5.74, 6) is 0.400. The monoisotopic (exact) mass is 809 g/mol. The van der Waals surface area contributed by atoms with E-state index in [1.165, 1.54) is 21.3 Å². The van der Waals surface area contributed by atoms with Gasteiger partial charge in [0.1, 0.15) is 17.7 Å². The number of aromatic nitrogens is 5. The number of pyridine rings is 1. The third kappa shape index (κ3) is 8.57. The minimum atomic E-state index is -0.907. The number of methoxy groups -OCH3 is 4. The molecule has 5 aromatic rings. The second-order valence-electron chi connectivity index (χ2n) is 15.0. The van der Waals surface area contributed by atoms with Crippen molar-refractivity contribution in [1.82, 2.24) is 45.4 Å². The van der Waals surface area contributed by atoms with Crippen molar-refractivity contribution in [1.29, 1.82) is 0 Å². The molecule has 0 spiro atoms. The van der Waals surface area contributed by atoms with E-state index in [4.69, 9.17) is 28.9 Å². The van der Waals surface area contributed by atoms with E-state index in [2.05, 4.69) is 49.9 Å². The van der Waals surface area contributed by atoms with Crippen molar-refractivity contribution in [2.75, 3.05) is 48.1 Å². The number of rotatable bonds is 13. The van der Waals surface area contributed by atoms with E-state index in [0.717, 1.165) is 70.0 Å². The third-order valence-electron chi connectivity index (χ3n) is 11.6. The van der Waals surface area contributed by atoms with Crippen molar-refractivity contribution in [3.63, 3.8) is 0 Å². The van der Waals surface area contributed by atoms with E-state index < -0.39 is 36.4 Å². The van der Waals surface area contributed by atoms with Crippen LogP contribution < -0.4 is 10.6 Å². The summed E-state index contributed by atoms with van der Waals surface area (Å²) in [5, 5.41) is 7.33. The maximum atomic E-state index is 13.8. The molecular formula is C42H51N9O8. The van der Waals surface area contributed by atoms with E-state index >= 15 is 0 Å². The molecule has 3 aromatic heterocycles. The smallest absolute Gasteiger partial charge is 0.407 e. The Hall–Kier alpha value is -6.07. The molecule has 312 valence electrons. The van der Waals surface area contributed by atoms with Crippen LogP contribution in [-0.2, 0) is 28.5 Å². The number of benzene rings is 2. The number of hydrogen-bond donors (Lipinski definition) is 4. The molecule has 2 aliphatic rings. The summed E-state index contributed by atoms with van der Waals surface area (Å²) in [6.07, 6.45) is 4.37.